The van der Waals surface area contributed by atoms with Gasteiger partial charge >= 0.3 is 0 Å². The Hall–Kier alpha value is -1.22. The number of halogens is 2. The lowest BCUT2D eigenvalue weighted by Crippen LogP contribution is -2.20. The maximum Gasteiger partial charge on any atom is 0.0497 e. The van der Waals surface area contributed by atoms with E-state index in [-0.39, 0.29) is 12.4 Å². The van der Waals surface area contributed by atoms with E-state index in [0.717, 1.165) is 30.8 Å². The van der Waals surface area contributed by atoms with Crippen molar-refractivity contribution in [1.82, 2.24) is 0 Å². The molecule has 1 heterocycles. The molecule has 0 fully saturated rings. The smallest absolute Gasteiger partial charge is 0.0497 e. The maximum atomic E-state index is 6.20. The molecule has 0 radical (unpaired) electrons. The van der Waals surface area contributed by atoms with E-state index in [2.05, 4.69) is 41.5 Å². The molecule has 0 bridgehead atoms. The Balaban J connectivity index is 0.00000161. The summed E-state index contributed by atoms with van der Waals surface area (Å²) >= 11 is 6.20. The number of allylic oxidation sites excluding steroid dienone is 5. The van der Waals surface area contributed by atoms with Crippen molar-refractivity contribution >= 4 is 35.3 Å². The van der Waals surface area contributed by atoms with Crippen LogP contribution in [0.2, 0.25) is 5.02 Å². The van der Waals surface area contributed by atoms with E-state index in [0.29, 0.717) is 6.54 Å². The number of hydrogen-bond donors (Lipinski definition) is 1. The number of rotatable bonds is 3. The zero-order valence-corrected chi connectivity index (χ0v) is 13.5. The summed E-state index contributed by atoms with van der Waals surface area (Å²) in [5.41, 5.74) is 10.9. The van der Waals surface area contributed by atoms with Gasteiger partial charge in [0.25, 0.3) is 0 Å². The Kier molecular flexibility index (Phi) is 5.51. The second-order valence-electron chi connectivity index (χ2n) is 5.19. The van der Waals surface area contributed by atoms with E-state index >= 15 is 0 Å². The van der Waals surface area contributed by atoms with Crippen molar-refractivity contribution < 1.29 is 0 Å². The van der Waals surface area contributed by atoms with Crippen LogP contribution in [0, 0.1) is 0 Å². The van der Waals surface area contributed by atoms with Crippen molar-refractivity contribution in [3.8, 4) is 0 Å². The average molecular weight is 323 g/mol. The molecule has 1 aromatic carbocycles. The summed E-state index contributed by atoms with van der Waals surface area (Å²) in [5.74, 6) is 0. The summed E-state index contributed by atoms with van der Waals surface area (Å²) in [7, 11) is 0. The first-order valence-electron chi connectivity index (χ1n) is 7.14. The Morgan fingerprint density at radius 3 is 2.90 bits per heavy atom. The molecule has 0 atom stereocenters. The average Bonchev–Trinajstić information content (AvgIpc) is 2.62. The Bertz CT molecular complexity index is 603. The summed E-state index contributed by atoms with van der Waals surface area (Å²) in [4.78, 5) is 2.26. The number of nitrogens with zero attached hydrogens (tertiary/aromatic N) is 1. The Labute approximate surface area is 137 Å². The Morgan fingerprint density at radius 1 is 1.24 bits per heavy atom. The van der Waals surface area contributed by atoms with E-state index in [1.165, 1.54) is 22.4 Å². The van der Waals surface area contributed by atoms with E-state index < -0.39 is 0 Å². The lowest BCUT2D eigenvalue weighted by atomic mass is 9.91. The topological polar surface area (TPSA) is 29.3 Å². The predicted octanol–water partition coefficient (Wildman–Crippen LogP) is 4.55. The molecule has 2 nitrogen and oxygen atoms in total. The molecule has 3 rings (SSSR count). The lowest BCUT2D eigenvalue weighted by molar-refractivity contribution is 0.814. The van der Waals surface area contributed by atoms with E-state index in [4.69, 9.17) is 17.3 Å². The van der Waals surface area contributed by atoms with Crippen LogP contribution in [0.4, 0.5) is 5.69 Å². The molecular formula is C17H20Cl2N2. The molecule has 0 unspecified atom stereocenters. The van der Waals surface area contributed by atoms with Gasteiger partial charge in [-0.05, 0) is 55.2 Å². The van der Waals surface area contributed by atoms with Crippen LogP contribution in [0.15, 0.2) is 48.2 Å². The molecule has 1 aliphatic carbocycles. The first-order valence-corrected chi connectivity index (χ1v) is 7.52. The zero-order valence-electron chi connectivity index (χ0n) is 11.9. The van der Waals surface area contributed by atoms with Gasteiger partial charge in [-0.15, -0.1) is 12.4 Å². The van der Waals surface area contributed by atoms with Gasteiger partial charge in [0.2, 0.25) is 0 Å². The second kappa shape index (κ2) is 7.17. The zero-order chi connectivity index (χ0) is 13.9. The van der Waals surface area contributed by atoms with Crippen LogP contribution < -0.4 is 10.6 Å². The van der Waals surface area contributed by atoms with Crippen LogP contribution in [0.25, 0.3) is 5.57 Å². The van der Waals surface area contributed by atoms with Gasteiger partial charge in [0, 0.05) is 29.0 Å². The molecule has 0 saturated carbocycles. The van der Waals surface area contributed by atoms with Crippen LogP contribution in [0.3, 0.4) is 0 Å². The van der Waals surface area contributed by atoms with Gasteiger partial charge in [0.1, 0.15) is 0 Å². The van der Waals surface area contributed by atoms with Crippen LogP contribution >= 0.6 is 24.0 Å². The van der Waals surface area contributed by atoms with Gasteiger partial charge in [-0.3, -0.25) is 0 Å². The summed E-state index contributed by atoms with van der Waals surface area (Å²) in [6.45, 7) is 1.62. The Morgan fingerprint density at radius 2 is 2.10 bits per heavy atom. The highest BCUT2D eigenvalue weighted by atomic mass is 35.5. The molecule has 0 spiro atoms. The normalized spacial score (nSPS) is 16.2. The van der Waals surface area contributed by atoms with Crippen molar-refractivity contribution in [3.63, 3.8) is 0 Å². The highest BCUT2D eigenvalue weighted by Gasteiger charge is 2.19. The predicted molar refractivity (Wildman–Crippen MR) is 94.2 cm³/mol. The molecule has 0 amide bonds. The van der Waals surface area contributed by atoms with Crippen LogP contribution in [-0.4, -0.2) is 13.1 Å². The fourth-order valence-corrected chi connectivity index (χ4v) is 3.00. The van der Waals surface area contributed by atoms with Gasteiger partial charge in [-0.1, -0.05) is 29.8 Å². The quantitative estimate of drug-likeness (QED) is 0.884. The molecule has 2 N–H and O–H groups in total. The van der Waals surface area contributed by atoms with Gasteiger partial charge in [0.05, 0.1) is 0 Å². The minimum absolute atomic E-state index is 0. The number of nitrogens with two attached hydrogens (primary N) is 1. The molecular weight excluding hydrogens is 303 g/mol. The molecule has 1 aliphatic heterocycles. The third-order valence-electron chi connectivity index (χ3n) is 3.84. The lowest BCUT2D eigenvalue weighted by Gasteiger charge is -2.23. The number of benzene rings is 1. The minimum atomic E-state index is 0. The van der Waals surface area contributed by atoms with E-state index in [1.807, 2.05) is 6.07 Å². The fraction of sp³-hybridized carbons (Fsp3) is 0.294. The van der Waals surface area contributed by atoms with Crippen molar-refractivity contribution in [3.05, 3.63) is 58.8 Å². The van der Waals surface area contributed by atoms with E-state index in [9.17, 15) is 0 Å². The van der Waals surface area contributed by atoms with Crippen molar-refractivity contribution in [1.29, 1.82) is 0 Å². The van der Waals surface area contributed by atoms with Crippen LogP contribution in [-0.2, 0) is 0 Å². The van der Waals surface area contributed by atoms with Crippen LogP contribution in [0.5, 0.6) is 0 Å². The van der Waals surface area contributed by atoms with Gasteiger partial charge in [-0.2, -0.15) is 0 Å². The highest BCUT2D eigenvalue weighted by molar-refractivity contribution is 6.31. The van der Waals surface area contributed by atoms with Gasteiger partial charge in [0.15, 0.2) is 0 Å². The number of fused-ring (bicyclic) bond motifs is 2. The third-order valence-corrected chi connectivity index (χ3v) is 4.07. The fourth-order valence-electron chi connectivity index (χ4n) is 2.83. The highest BCUT2D eigenvalue weighted by Crippen LogP contribution is 2.39. The molecule has 1 aromatic rings. The first kappa shape index (κ1) is 16.2. The summed E-state index contributed by atoms with van der Waals surface area (Å²) < 4.78 is 0. The molecule has 0 aromatic heterocycles. The monoisotopic (exact) mass is 322 g/mol. The third kappa shape index (κ3) is 3.34. The number of anilines is 1. The number of hydrogen-bond acceptors (Lipinski definition) is 2. The minimum Gasteiger partial charge on any atom is -0.347 e. The van der Waals surface area contributed by atoms with Crippen LogP contribution in [0.1, 0.15) is 24.8 Å². The standard InChI is InChI=1S/C17H19ClN2.ClH/c18-14-6-7-16-15-5-2-1-4-13(15)8-11-20(10-3-9-19)17(16)12-14;/h1,4,6-8,11-12H,2-3,5,9-10,19H2;1H. The molecule has 4 heteroatoms. The van der Waals surface area contributed by atoms with Gasteiger partial charge < -0.3 is 10.6 Å². The molecule has 0 saturated heterocycles. The summed E-state index contributed by atoms with van der Waals surface area (Å²) in [6.07, 6.45) is 12.0. The largest absolute Gasteiger partial charge is 0.347 e. The van der Waals surface area contributed by atoms with Gasteiger partial charge in [-0.25, -0.2) is 0 Å². The SMILES string of the molecule is Cl.NCCCN1C=CC2=C(CCC=C2)c2ccc(Cl)cc21. The molecule has 2 aliphatic rings. The second-order valence-corrected chi connectivity index (χ2v) is 5.62. The van der Waals surface area contributed by atoms with Crippen molar-refractivity contribution in [2.24, 2.45) is 5.73 Å². The summed E-state index contributed by atoms with van der Waals surface area (Å²) in [5, 5.41) is 0.783. The van der Waals surface area contributed by atoms with Crippen molar-refractivity contribution in [2.45, 2.75) is 19.3 Å². The molecule has 112 valence electrons. The van der Waals surface area contributed by atoms with E-state index in [1.54, 1.807) is 0 Å². The van der Waals surface area contributed by atoms with Crippen molar-refractivity contribution in [2.75, 3.05) is 18.0 Å². The summed E-state index contributed by atoms with van der Waals surface area (Å²) in [6, 6.07) is 6.19. The maximum absolute atomic E-state index is 6.20. The first-order chi connectivity index (χ1) is 9.79. The molecule has 21 heavy (non-hydrogen) atoms.